The van der Waals surface area contributed by atoms with Gasteiger partial charge in [0.25, 0.3) is 0 Å². The van der Waals surface area contributed by atoms with E-state index in [9.17, 15) is 52.7 Å². The fourth-order valence-corrected chi connectivity index (χ4v) is 7.10. The number of rotatable bonds is 20. The molecule has 0 aliphatic heterocycles. The number of pyridine rings is 1. The molecule has 342 valence electrons. The van der Waals surface area contributed by atoms with E-state index in [4.69, 9.17) is 22.9 Å². The number of fused-ring (bicyclic) bond motifs is 1. The molecule has 21 nitrogen and oxygen atoms in total. The van der Waals surface area contributed by atoms with Gasteiger partial charge in [0.2, 0.25) is 5.91 Å². The van der Waals surface area contributed by atoms with Gasteiger partial charge in [0.1, 0.15) is 47.2 Å². The van der Waals surface area contributed by atoms with Gasteiger partial charge in [-0.2, -0.15) is 0 Å². The molecule has 0 fully saturated rings. The maximum absolute atomic E-state index is 14.2. The Bertz CT molecular complexity index is 2270. The predicted octanol–water partition coefficient (Wildman–Crippen LogP) is 4.16. The van der Waals surface area contributed by atoms with E-state index >= 15 is 0 Å². The van der Waals surface area contributed by atoms with Gasteiger partial charge in [-0.05, 0) is 38.3 Å². The highest BCUT2D eigenvalue weighted by atomic mass is 31.2. The van der Waals surface area contributed by atoms with Crippen LogP contribution in [0.15, 0.2) is 89.5 Å². The molecule has 0 spiro atoms. The van der Waals surface area contributed by atoms with Crippen LogP contribution >= 0.6 is 15.6 Å². The van der Waals surface area contributed by atoms with Gasteiger partial charge in [-0.1, -0.05) is 81.4 Å². The summed E-state index contributed by atoms with van der Waals surface area (Å²) in [5, 5.41) is 9.84. The summed E-state index contributed by atoms with van der Waals surface area (Å²) in [6, 6.07) is 14.3. The van der Waals surface area contributed by atoms with E-state index in [0.29, 0.717) is 11.1 Å². The van der Waals surface area contributed by atoms with Crippen molar-refractivity contribution in [2.75, 3.05) is 13.1 Å². The number of nitrogens with zero attached hydrogens (tertiary/aromatic N) is 1. The summed E-state index contributed by atoms with van der Waals surface area (Å²) < 4.78 is 51.0. The minimum Gasteiger partial charge on any atom is -0.456 e. The lowest BCUT2D eigenvalue weighted by molar-refractivity contribution is -0.126. The highest BCUT2D eigenvalue weighted by Gasteiger charge is 2.42. The highest BCUT2D eigenvalue weighted by molar-refractivity contribution is 7.46. The lowest BCUT2D eigenvalue weighted by Gasteiger charge is -2.34. The summed E-state index contributed by atoms with van der Waals surface area (Å²) >= 11 is 0. The summed E-state index contributed by atoms with van der Waals surface area (Å²) in [4.78, 5) is 112. The molecule has 0 saturated heterocycles. The van der Waals surface area contributed by atoms with Gasteiger partial charge >= 0.3 is 27.8 Å². The van der Waals surface area contributed by atoms with Crippen LogP contribution in [0.5, 0.6) is 0 Å². The van der Waals surface area contributed by atoms with Gasteiger partial charge in [0.05, 0.1) is 0 Å². The lowest BCUT2D eigenvalue weighted by Crippen LogP contribution is -2.60. The number of alkyl carbamates (subject to hydrolysis) is 2. The SMILES string of the molecule is CC(C)(C)OC(=O)NC(C(=O)c1ccccc1)C(CNCC(OP(=O)(O)O)C(NC(=O)C(NC(=O)OCc1cc2ncccc2o1)C(C)(C)C)C(=O)c1ccccc1)OP(=O)(O)O. The van der Waals surface area contributed by atoms with Crippen LogP contribution in [0.4, 0.5) is 9.59 Å². The maximum atomic E-state index is 14.2. The summed E-state index contributed by atoms with van der Waals surface area (Å²) in [6.07, 6.45) is -4.57. The molecule has 0 radical (unpaired) electrons. The standard InChI is InChI=1S/C40H51N5O16P2/c1-39(2,3)35(45-37(49)57-23-26-20-27-28(58-26)18-13-19-42-27)36(48)43-31(33(46)24-14-9-7-10-15-24)29(60-62(51,52)53)21-41-22-30(61-63(54,55)56)32(44-38(50)59-40(4,5)6)34(47)25-16-11-8-12-17-25/h7-20,29-32,35,41H,21-23H2,1-6H3,(H,43,48)(H,44,50)(H,45,49)(H2,51,52,53)(H2,54,55,56). The van der Waals surface area contributed by atoms with Crippen molar-refractivity contribution < 1.29 is 75.6 Å². The van der Waals surface area contributed by atoms with Crippen LogP contribution in [-0.4, -0.2) is 103 Å². The van der Waals surface area contributed by atoms with Crippen LogP contribution in [0.1, 0.15) is 68.0 Å². The zero-order chi connectivity index (χ0) is 46.8. The minimum atomic E-state index is -5.52. The third-order valence-electron chi connectivity index (χ3n) is 8.71. The van der Waals surface area contributed by atoms with Gasteiger partial charge in [-0.25, -0.2) is 18.7 Å². The lowest BCUT2D eigenvalue weighted by atomic mass is 9.85. The van der Waals surface area contributed by atoms with Crippen molar-refractivity contribution >= 4 is 56.4 Å². The van der Waals surface area contributed by atoms with E-state index in [0.717, 1.165) is 0 Å². The van der Waals surface area contributed by atoms with Crippen molar-refractivity contribution in [2.24, 2.45) is 5.41 Å². The first-order chi connectivity index (χ1) is 29.3. The number of ketones is 2. The Kier molecular flexibility index (Phi) is 17.1. The van der Waals surface area contributed by atoms with Crippen molar-refractivity contribution in [3.05, 3.63) is 102 Å². The van der Waals surface area contributed by atoms with Gasteiger partial charge in [0, 0.05) is 36.5 Å². The number of amides is 3. The van der Waals surface area contributed by atoms with E-state index < -0.39 is 99.7 Å². The number of nitrogens with one attached hydrogen (secondary N) is 4. The summed E-state index contributed by atoms with van der Waals surface area (Å²) in [7, 11) is -11.0. The molecular weight excluding hydrogens is 868 g/mol. The zero-order valence-electron chi connectivity index (χ0n) is 35.1. The second-order valence-electron chi connectivity index (χ2n) is 16.1. The maximum Gasteiger partial charge on any atom is 0.469 e. The molecule has 0 aliphatic rings. The molecule has 4 rings (SSSR count). The van der Waals surface area contributed by atoms with Crippen LogP contribution < -0.4 is 21.3 Å². The largest absolute Gasteiger partial charge is 0.469 e. The second-order valence-corrected chi connectivity index (χ2v) is 18.5. The average Bonchev–Trinajstić information content (AvgIpc) is 3.61. The Morgan fingerprint density at radius 1 is 0.698 bits per heavy atom. The molecule has 0 bridgehead atoms. The zero-order valence-corrected chi connectivity index (χ0v) is 36.9. The number of phosphoric acid groups is 2. The number of benzene rings is 2. The van der Waals surface area contributed by atoms with Gasteiger partial charge in [-0.15, -0.1) is 0 Å². The van der Waals surface area contributed by atoms with Crippen LogP contribution in [0, 0.1) is 5.41 Å². The summed E-state index contributed by atoms with van der Waals surface area (Å²) in [5.41, 5.74) is -1.24. The van der Waals surface area contributed by atoms with Crippen LogP contribution in [-0.2, 0) is 39.1 Å². The first kappa shape index (κ1) is 50.3. The van der Waals surface area contributed by atoms with Gasteiger partial charge < -0.3 is 54.7 Å². The van der Waals surface area contributed by atoms with Gasteiger partial charge in [-0.3, -0.25) is 28.4 Å². The normalized spacial score (nSPS) is 14.7. The van der Waals surface area contributed by atoms with E-state index in [1.807, 2.05) is 0 Å². The molecule has 3 amide bonds. The van der Waals surface area contributed by atoms with E-state index in [1.165, 1.54) is 69.3 Å². The van der Waals surface area contributed by atoms with Crippen LogP contribution in [0.2, 0.25) is 0 Å². The minimum absolute atomic E-state index is 0.00506. The highest BCUT2D eigenvalue weighted by Crippen LogP contribution is 2.40. The second kappa shape index (κ2) is 21.4. The topological polar surface area (TPSA) is 311 Å². The molecule has 63 heavy (non-hydrogen) atoms. The number of Topliss-reactive ketones (excluding diaryl/α,β-unsaturated/α-hetero) is 2. The molecule has 2 aromatic carbocycles. The summed E-state index contributed by atoms with van der Waals surface area (Å²) in [5.74, 6) is -2.55. The van der Waals surface area contributed by atoms with Crippen molar-refractivity contribution in [1.29, 1.82) is 0 Å². The van der Waals surface area contributed by atoms with Crippen molar-refractivity contribution in [3.8, 4) is 0 Å². The van der Waals surface area contributed by atoms with E-state index in [2.05, 4.69) is 26.3 Å². The van der Waals surface area contributed by atoms with Crippen molar-refractivity contribution in [1.82, 2.24) is 26.3 Å². The Morgan fingerprint density at radius 3 is 1.67 bits per heavy atom. The van der Waals surface area contributed by atoms with Crippen molar-refractivity contribution in [2.45, 2.75) is 84.1 Å². The smallest absolute Gasteiger partial charge is 0.456 e. The Balaban J connectivity index is 1.64. The third-order valence-corrected chi connectivity index (χ3v) is 9.80. The fourth-order valence-electron chi connectivity index (χ4n) is 6.01. The molecule has 0 saturated carbocycles. The number of hydrogen-bond donors (Lipinski definition) is 8. The number of phosphoric ester groups is 2. The molecule has 0 aliphatic carbocycles. The Labute approximate surface area is 362 Å². The molecule has 4 aromatic rings. The monoisotopic (exact) mass is 919 g/mol. The number of furan rings is 1. The number of aromatic nitrogens is 1. The molecule has 5 unspecified atom stereocenters. The molecule has 5 atom stereocenters. The molecule has 2 heterocycles. The van der Waals surface area contributed by atoms with Crippen LogP contribution in [0.3, 0.4) is 0 Å². The molecule has 8 N–H and O–H groups in total. The average molecular weight is 920 g/mol. The number of carbonyl (C=O) groups is 5. The number of carbonyl (C=O) groups excluding carboxylic acids is 5. The van der Waals surface area contributed by atoms with Crippen molar-refractivity contribution in [3.63, 3.8) is 0 Å². The first-order valence-corrected chi connectivity index (χ1v) is 22.3. The number of hydrogen-bond acceptors (Lipinski definition) is 14. The molecular formula is C40H51N5O16P2. The Morgan fingerprint density at radius 2 is 1.21 bits per heavy atom. The predicted molar refractivity (Wildman–Crippen MR) is 224 cm³/mol. The number of ether oxygens (including phenoxy) is 2. The first-order valence-electron chi connectivity index (χ1n) is 19.2. The third kappa shape index (κ3) is 16.4. The van der Waals surface area contributed by atoms with E-state index in [-0.39, 0.29) is 23.5 Å². The molecule has 23 heteroatoms. The molecule has 2 aromatic heterocycles. The quantitative estimate of drug-likeness (QED) is 0.0456. The van der Waals surface area contributed by atoms with Crippen LogP contribution in [0.25, 0.3) is 11.1 Å². The van der Waals surface area contributed by atoms with E-state index in [1.54, 1.807) is 57.3 Å². The summed E-state index contributed by atoms with van der Waals surface area (Å²) in [6.45, 7) is 7.47. The van der Waals surface area contributed by atoms with Gasteiger partial charge in [0.15, 0.2) is 23.8 Å². The Hall–Kier alpha value is -5.34. The fraction of sp³-hybridized carbons (Fsp3) is 0.400.